The molecule has 0 unspecified atom stereocenters. The average molecular weight is 294 g/mol. The van der Waals surface area contributed by atoms with E-state index >= 15 is 0 Å². The van der Waals surface area contributed by atoms with Crippen LogP contribution in [0.2, 0.25) is 0 Å². The second kappa shape index (κ2) is 5.38. The summed E-state index contributed by atoms with van der Waals surface area (Å²) in [6, 6.07) is 8.66. The Balaban J connectivity index is 1.55. The highest BCUT2D eigenvalue weighted by Gasteiger charge is 2.54. The number of fused-ring (bicyclic) bond motifs is 1. The predicted molar refractivity (Wildman–Crippen MR) is 71.4 cm³/mol. The fourth-order valence-corrected chi connectivity index (χ4v) is 2.51. The van der Waals surface area contributed by atoms with E-state index < -0.39 is 36.4 Å². The zero-order chi connectivity index (χ0) is 15.0. The maximum atomic E-state index is 11.8. The molecule has 0 amide bonds. The van der Waals surface area contributed by atoms with Crippen molar-refractivity contribution in [3.05, 3.63) is 35.9 Å². The van der Waals surface area contributed by atoms with E-state index in [9.17, 15) is 9.90 Å². The lowest BCUT2D eigenvalue weighted by Crippen LogP contribution is -2.37. The lowest BCUT2D eigenvalue weighted by molar-refractivity contribution is -0.218. The number of aliphatic hydroxyl groups is 1. The number of rotatable bonds is 3. The maximum absolute atomic E-state index is 11.8. The molecule has 4 atom stereocenters. The quantitative estimate of drug-likeness (QED) is 0.841. The van der Waals surface area contributed by atoms with Gasteiger partial charge in [-0.15, -0.1) is 0 Å². The predicted octanol–water partition coefficient (Wildman–Crippen LogP) is 1.08. The van der Waals surface area contributed by atoms with Gasteiger partial charge in [0.2, 0.25) is 0 Å². The van der Waals surface area contributed by atoms with Crippen molar-refractivity contribution in [3.63, 3.8) is 0 Å². The third kappa shape index (κ3) is 2.94. The molecule has 0 radical (unpaired) electrons. The first-order valence-electron chi connectivity index (χ1n) is 6.88. The molecule has 2 aliphatic heterocycles. The van der Waals surface area contributed by atoms with Gasteiger partial charge in [0.05, 0.1) is 5.56 Å². The minimum Gasteiger partial charge on any atom is -0.459 e. The Hall–Kier alpha value is -1.47. The van der Waals surface area contributed by atoms with E-state index in [4.69, 9.17) is 18.9 Å². The number of esters is 1. The van der Waals surface area contributed by atoms with Gasteiger partial charge in [-0.3, -0.25) is 0 Å². The van der Waals surface area contributed by atoms with Gasteiger partial charge in [-0.2, -0.15) is 0 Å². The number of hydrogen-bond donors (Lipinski definition) is 1. The summed E-state index contributed by atoms with van der Waals surface area (Å²) in [5.74, 6) is -1.23. The van der Waals surface area contributed by atoms with Crippen LogP contribution in [0.3, 0.4) is 0 Å². The highest BCUT2D eigenvalue weighted by molar-refractivity contribution is 5.89. The van der Waals surface area contributed by atoms with Crippen LogP contribution in [0.5, 0.6) is 0 Å². The fraction of sp³-hybridized carbons (Fsp3) is 0.533. The van der Waals surface area contributed by atoms with Crippen LogP contribution in [0.15, 0.2) is 30.3 Å². The van der Waals surface area contributed by atoms with Crippen molar-refractivity contribution in [2.45, 2.75) is 44.2 Å². The minimum atomic E-state index is -0.889. The number of carbonyl (C=O) groups excluding carboxylic acids is 1. The van der Waals surface area contributed by atoms with Crippen LogP contribution < -0.4 is 0 Å². The Morgan fingerprint density at radius 1 is 1.29 bits per heavy atom. The van der Waals surface area contributed by atoms with Crippen LogP contribution in [-0.4, -0.2) is 48.1 Å². The zero-order valence-corrected chi connectivity index (χ0v) is 11.9. The summed E-state index contributed by atoms with van der Waals surface area (Å²) in [6.45, 7) is 3.46. The maximum Gasteiger partial charge on any atom is 0.338 e. The van der Waals surface area contributed by atoms with E-state index in [2.05, 4.69) is 0 Å². The van der Waals surface area contributed by atoms with Crippen molar-refractivity contribution >= 4 is 5.97 Å². The molecule has 6 nitrogen and oxygen atoms in total. The van der Waals surface area contributed by atoms with Gasteiger partial charge in [-0.05, 0) is 26.0 Å². The van der Waals surface area contributed by atoms with E-state index in [1.807, 2.05) is 6.07 Å². The fourth-order valence-electron chi connectivity index (χ4n) is 2.51. The number of aliphatic hydroxyl groups excluding tert-OH is 1. The third-order valence-corrected chi connectivity index (χ3v) is 3.50. The lowest BCUT2D eigenvalue weighted by atomic mass is 10.1. The third-order valence-electron chi connectivity index (χ3n) is 3.50. The zero-order valence-electron chi connectivity index (χ0n) is 11.9. The molecule has 0 bridgehead atoms. The van der Waals surface area contributed by atoms with E-state index in [1.165, 1.54) is 0 Å². The van der Waals surface area contributed by atoms with Gasteiger partial charge in [-0.25, -0.2) is 4.79 Å². The normalized spacial score (nSPS) is 33.7. The molecular weight excluding hydrogens is 276 g/mol. The van der Waals surface area contributed by atoms with Gasteiger partial charge in [0.15, 0.2) is 12.1 Å². The van der Waals surface area contributed by atoms with Crippen LogP contribution in [0.4, 0.5) is 0 Å². The molecule has 0 spiro atoms. The van der Waals surface area contributed by atoms with Crippen LogP contribution in [0, 0.1) is 0 Å². The molecule has 6 heteroatoms. The molecule has 2 fully saturated rings. The largest absolute Gasteiger partial charge is 0.459 e. The van der Waals surface area contributed by atoms with E-state index in [-0.39, 0.29) is 6.61 Å². The molecule has 0 aliphatic carbocycles. The smallest absolute Gasteiger partial charge is 0.338 e. The Kier molecular flexibility index (Phi) is 3.71. The molecule has 1 N–H and O–H groups in total. The number of hydrogen-bond acceptors (Lipinski definition) is 6. The molecule has 2 aliphatic rings. The molecule has 0 aromatic heterocycles. The molecule has 21 heavy (non-hydrogen) atoms. The topological polar surface area (TPSA) is 74.2 Å². The second-order valence-electron chi connectivity index (χ2n) is 5.60. The molecule has 1 aromatic rings. The minimum absolute atomic E-state index is 0.0466. The summed E-state index contributed by atoms with van der Waals surface area (Å²) in [6.07, 6.45) is -2.72. The first kappa shape index (κ1) is 14.5. The summed E-state index contributed by atoms with van der Waals surface area (Å²) < 4.78 is 21.8. The van der Waals surface area contributed by atoms with Gasteiger partial charge < -0.3 is 24.1 Å². The Bertz CT molecular complexity index is 514. The lowest BCUT2D eigenvalue weighted by Gasteiger charge is -2.22. The second-order valence-corrected chi connectivity index (χ2v) is 5.60. The summed E-state index contributed by atoms with van der Waals surface area (Å²) in [5, 5.41) is 10.2. The number of carbonyl (C=O) groups is 1. The van der Waals surface area contributed by atoms with Crippen molar-refractivity contribution in [2.75, 3.05) is 6.61 Å². The molecule has 1 aromatic carbocycles. The van der Waals surface area contributed by atoms with E-state index in [0.29, 0.717) is 5.56 Å². The Morgan fingerprint density at radius 2 is 2.00 bits per heavy atom. The summed E-state index contributed by atoms with van der Waals surface area (Å²) in [5.41, 5.74) is 0.457. The van der Waals surface area contributed by atoms with Crippen molar-refractivity contribution < 1.29 is 28.8 Å². The van der Waals surface area contributed by atoms with Gasteiger partial charge in [-0.1, -0.05) is 18.2 Å². The standard InChI is InChI=1S/C15H18O6/c1-15(2)20-12-11(16)10(19-14(12)21-15)8-18-13(17)9-6-4-3-5-7-9/h3-7,10-12,14,16H,8H2,1-2H3/t10-,11+,12-,14-/m1/s1. The summed E-state index contributed by atoms with van der Waals surface area (Å²) in [7, 11) is 0. The molecule has 2 saturated heterocycles. The molecule has 3 rings (SSSR count). The van der Waals surface area contributed by atoms with Crippen molar-refractivity contribution in [1.29, 1.82) is 0 Å². The highest BCUT2D eigenvalue weighted by atomic mass is 16.8. The molecule has 114 valence electrons. The monoisotopic (exact) mass is 294 g/mol. The van der Waals surface area contributed by atoms with Gasteiger partial charge >= 0.3 is 5.97 Å². The van der Waals surface area contributed by atoms with Crippen molar-refractivity contribution in [2.24, 2.45) is 0 Å². The summed E-state index contributed by atoms with van der Waals surface area (Å²) >= 11 is 0. The van der Waals surface area contributed by atoms with Crippen LogP contribution >= 0.6 is 0 Å². The highest BCUT2D eigenvalue weighted by Crippen LogP contribution is 2.37. The first-order chi connectivity index (χ1) is 9.96. The van der Waals surface area contributed by atoms with Crippen LogP contribution in [0.1, 0.15) is 24.2 Å². The number of ether oxygens (including phenoxy) is 4. The molecule has 2 heterocycles. The van der Waals surface area contributed by atoms with Crippen molar-refractivity contribution in [1.82, 2.24) is 0 Å². The van der Waals surface area contributed by atoms with Gasteiger partial charge in [0.25, 0.3) is 0 Å². The molecule has 0 saturated carbocycles. The van der Waals surface area contributed by atoms with Crippen LogP contribution in [-0.2, 0) is 18.9 Å². The van der Waals surface area contributed by atoms with E-state index in [1.54, 1.807) is 38.1 Å². The number of benzene rings is 1. The SMILES string of the molecule is CC1(C)O[C@H]2O[C@H](COC(=O)c3ccccc3)[C@H](O)[C@H]2O1. The average Bonchev–Trinajstić information content (AvgIpc) is 2.91. The Labute approximate surface area is 122 Å². The van der Waals surface area contributed by atoms with E-state index in [0.717, 1.165) is 0 Å². The summed E-state index contributed by atoms with van der Waals surface area (Å²) in [4.78, 5) is 11.8. The molecular formula is C15H18O6. The van der Waals surface area contributed by atoms with Crippen LogP contribution in [0.25, 0.3) is 0 Å². The van der Waals surface area contributed by atoms with Gasteiger partial charge in [0.1, 0.15) is 24.9 Å². The van der Waals surface area contributed by atoms with Gasteiger partial charge in [0, 0.05) is 0 Å². The first-order valence-corrected chi connectivity index (χ1v) is 6.88. The Morgan fingerprint density at radius 3 is 2.67 bits per heavy atom. The van der Waals surface area contributed by atoms with Crippen molar-refractivity contribution in [3.8, 4) is 0 Å².